The van der Waals surface area contributed by atoms with E-state index in [0.29, 0.717) is 0 Å². The van der Waals surface area contributed by atoms with Crippen LogP contribution >= 0.6 is 11.3 Å². The Morgan fingerprint density at radius 2 is 2.15 bits per heavy atom. The van der Waals surface area contributed by atoms with E-state index in [-0.39, 0.29) is 0 Å². The first-order valence-electron chi connectivity index (χ1n) is 4.45. The van der Waals surface area contributed by atoms with Crippen molar-refractivity contribution in [2.75, 3.05) is 32.1 Å². The summed E-state index contributed by atoms with van der Waals surface area (Å²) in [4.78, 5) is 7.97. The second-order valence-electron chi connectivity index (χ2n) is 3.16. The molecule has 13 heavy (non-hydrogen) atoms. The number of hydrogen-bond acceptors (Lipinski definition) is 4. The average molecular weight is 199 g/mol. The molecule has 0 radical (unpaired) electrons. The van der Waals surface area contributed by atoms with Gasteiger partial charge in [-0.2, -0.15) is 0 Å². The molecular formula is C9H17N3S. The summed E-state index contributed by atoms with van der Waals surface area (Å²) < 4.78 is 0. The molecule has 1 N–H and O–H groups in total. The molecule has 1 aromatic rings. The lowest BCUT2D eigenvalue weighted by Crippen LogP contribution is -2.26. The van der Waals surface area contributed by atoms with E-state index >= 15 is 0 Å². The average Bonchev–Trinajstić information content (AvgIpc) is 2.43. The normalized spacial score (nSPS) is 10.5. The van der Waals surface area contributed by atoms with Gasteiger partial charge in [0, 0.05) is 25.0 Å². The Hall–Kier alpha value is -0.610. The summed E-state index contributed by atoms with van der Waals surface area (Å²) in [6, 6.07) is 0. The molecule has 3 nitrogen and oxygen atoms in total. The zero-order valence-electron chi connectivity index (χ0n) is 8.72. The van der Waals surface area contributed by atoms with Crippen LogP contribution in [0.1, 0.15) is 10.6 Å². The highest BCUT2D eigenvalue weighted by Gasteiger charge is 2.06. The van der Waals surface area contributed by atoms with Crippen molar-refractivity contribution in [2.45, 2.75) is 13.8 Å². The second kappa shape index (κ2) is 4.58. The summed E-state index contributed by atoms with van der Waals surface area (Å²) >= 11 is 1.76. The van der Waals surface area contributed by atoms with Gasteiger partial charge >= 0.3 is 0 Å². The lowest BCUT2D eigenvalue weighted by Gasteiger charge is -2.14. The van der Waals surface area contributed by atoms with Crippen LogP contribution in [0.4, 0.5) is 5.13 Å². The molecule has 0 saturated carbocycles. The topological polar surface area (TPSA) is 28.2 Å². The van der Waals surface area contributed by atoms with Crippen molar-refractivity contribution >= 4 is 16.5 Å². The minimum atomic E-state index is 0.994. The van der Waals surface area contributed by atoms with Gasteiger partial charge in [0.15, 0.2) is 5.13 Å². The lowest BCUT2D eigenvalue weighted by atomic mass is 10.4. The third-order valence-electron chi connectivity index (χ3n) is 2.04. The predicted molar refractivity (Wildman–Crippen MR) is 58.8 cm³/mol. The first kappa shape index (κ1) is 10.5. The molecule has 0 aromatic carbocycles. The van der Waals surface area contributed by atoms with Gasteiger partial charge in [-0.25, -0.2) is 4.98 Å². The molecule has 4 heteroatoms. The molecule has 1 aromatic heterocycles. The fourth-order valence-corrected chi connectivity index (χ4v) is 1.89. The van der Waals surface area contributed by atoms with E-state index in [2.05, 4.69) is 36.1 Å². The van der Waals surface area contributed by atoms with Gasteiger partial charge in [-0.1, -0.05) is 0 Å². The van der Waals surface area contributed by atoms with Crippen molar-refractivity contribution in [1.29, 1.82) is 0 Å². The van der Waals surface area contributed by atoms with Crippen LogP contribution in [0.25, 0.3) is 0 Å². The maximum atomic E-state index is 4.48. The van der Waals surface area contributed by atoms with Gasteiger partial charge in [0.2, 0.25) is 0 Å². The molecule has 0 spiro atoms. The van der Waals surface area contributed by atoms with Gasteiger partial charge in [0.25, 0.3) is 0 Å². The predicted octanol–water partition coefficient (Wildman–Crippen LogP) is 1.42. The SMILES string of the molecule is CNCCN(C)c1nc(C)c(C)s1. The first-order chi connectivity index (χ1) is 6.15. The summed E-state index contributed by atoms with van der Waals surface area (Å²) in [7, 11) is 4.04. The van der Waals surface area contributed by atoms with Crippen LogP contribution in [0, 0.1) is 13.8 Å². The summed E-state index contributed by atoms with van der Waals surface area (Å²) in [5.74, 6) is 0. The summed E-state index contributed by atoms with van der Waals surface area (Å²) in [6.07, 6.45) is 0. The fraction of sp³-hybridized carbons (Fsp3) is 0.667. The molecule has 1 rings (SSSR count). The number of nitrogens with zero attached hydrogens (tertiary/aromatic N) is 2. The molecule has 74 valence electrons. The number of rotatable bonds is 4. The highest BCUT2D eigenvalue weighted by molar-refractivity contribution is 7.15. The van der Waals surface area contributed by atoms with Crippen LogP contribution in [-0.4, -0.2) is 32.2 Å². The van der Waals surface area contributed by atoms with Gasteiger partial charge < -0.3 is 10.2 Å². The van der Waals surface area contributed by atoms with Crippen LogP contribution in [0.2, 0.25) is 0 Å². The van der Waals surface area contributed by atoms with Gasteiger partial charge in [0.05, 0.1) is 5.69 Å². The number of thiazole rings is 1. The zero-order valence-corrected chi connectivity index (χ0v) is 9.53. The molecule has 0 unspecified atom stereocenters. The quantitative estimate of drug-likeness (QED) is 0.795. The fourth-order valence-electron chi connectivity index (χ4n) is 0.994. The van der Waals surface area contributed by atoms with Crippen molar-refractivity contribution in [2.24, 2.45) is 0 Å². The highest BCUT2D eigenvalue weighted by atomic mass is 32.1. The molecule has 0 aliphatic rings. The Labute approximate surface area is 83.8 Å². The van der Waals surface area contributed by atoms with E-state index in [1.165, 1.54) is 4.88 Å². The molecule has 0 aliphatic carbocycles. The number of likely N-dealkylation sites (N-methyl/N-ethyl adjacent to an activating group) is 2. The third kappa shape index (κ3) is 2.67. The Morgan fingerprint density at radius 3 is 2.62 bits per heavy atom. The van der Waals surface area contributed by atoms with Crippen LogP contribution < -0.4 is 10.2 Å². The maximum Gasteiger partial charge on any atom is 0.185 e. The first-order valence-corrected chi connectivity index (χ1v) is 5.26. The van der Waals surface area contributed by atoms with Gasteiger partial charge in [-0.05, 0) is 20.9 Å². The van der Waals surface area contributed by atoms with Crippen molar-refractivity contribution in [3.05, 3.63) is 10.6 Å². The number of nitrogens with one attached hydrogen (secondary N) is 1. The van der Waals surface area contributed by atoms with Crippen molar-refractivity contribution in [3.8, 4) is 0 Å². The number of aryl methyl sites for hydroxylation is 2. The Balaban J connectivity index is 2.60. The van der Waals surface area contributed by atoms with E-state index < -0.39 is 0 Å². The Kier molecular flexibility index (Phi) is 3.69. The van der Waals surface area contributed by atoms with E-state index in [1.807, 2.05) is 7.05 Å². The van der Waals surface area contributed by atoms with E-state index in [4.69, 9.17) is 0 Å². The smallest absolute Gasteiger partial charge is 0.185 e. The second-order valence-corrected chi connectivity index (χ2v) is 4.34. The monoisotopic (exact) mass is 199 g/mol. The van der Waals surface area contributed by atoms with Gasteiger partial charge in [0.1, 0.15) is 0 Å². The maximum absolute atomic E-state index is 4.48. The summed E-state index contributed by atoms with van der Waals surface area (Å²) in [5.41, 5.74) is 1.15. The van der Waals surface area contributed by atoms with Crippen molar-refractivity contribution in [3.63, 3.8) is 0 Å². The lowest BCUT2D eigenvalue weighted by molar-refractivity contribution is 0.765. The molecular weight excluding hydrogens is 182 g/mol. The van der Waals surface area contributed by atoms with Gasteiger partial charge in [-0.3, -0.25) is 0 Å². The molecule has 0 aliphatic heterocycles. The molecule has 0 saturated heterocycles. The van der Waals surface area contributed by atoms with Crippen LogP contribution in [0.3, 0.4) is 0 Å². The van der Waals surface area contributed by atoms with Crippen LogP contribution in [0.5, 0.6) is 0 Å². The summed E-state index contributed by atoms with van der Waals surface area (Å²) in [6.45, 7) is 6.17. The number of aromatic nitrogens is 1. The highest BCUT2D eigenvalue weighted by Crippen LogP contribution is 2.23. The molecule has 1 heterocycles. The number of hydrogen-bond donors (Lipinski definition) is 1. The molecule has 0 amide bonds. The number of anilines is 1. The molecule has 0 bridgehead atoms. The largest absolute Gasteiger partial charge is 0.350 e. The van der Waals surface area contributed by atoms with Crippen LogP contribution in [0.15, 0.2) is 0 Å². The minimum Gasteiger partial charge on any atom is -0.350 e. The van der Waals surface area contributed by atoms with E-state index in [9.17, 15) is 0 Å². The minimum absolute atomic E-state index is 0.994. The molecule has 0 atom stereocenters. The zero-order chi connectivity index (χ0) is 9.84. The van der Waals surface area contributed by atoms with Crippen molar-refractivity contribution < 1.29 is 0 Å². The Bertz CT molecular complexity index is 250. The van der Waals surface area contributed by atoms with Crippen molar-refractivity contribution in [1.82, 2.24) is 10.3 Å². The third-order valence-corrected chi connectivity index (χ3v) is 3.23. The summed E-state index contributed by atoms with van der Waals surface area (Å²) in [5, 5.41) is 4.24. The van der Waals surface area contributed by atoms with E-state index in [0.717, 1.165) is 23.9 Å². The Morgan fingerprint density at radius 1 is 1.46 bits per heavy atom. The van der Waals surface area contributed by atoms with Crippen LogP contribution in [-0.2, 0) is 0 Å². The molecule has 0 fully saturated rings. The standard InChI is InChI=1S/C9H17N3S/c1-7-8(2)13-9(11-7)12(4)6-5-10-3/h10H,5-6H2,1-4H3. The van der Waals surface area contributed by atoms with Gasteiger partial charge in [-0.15, -0.1) is 11.3 Å². The van der Waals surface area contributed by atoms with E-state index in [1.54, 1.807) is 11.3 Å².